The predicted molar refractivity (Wildman–Crippen MR) is 95.8 cm³/mol. The van der Waals surface area contributed by atoms with E-state index in [1.165, 1.54) is 5.56 Å². The molecule has 0 heterocycles. The Hall–Kier alpha value is -1.92. The lowest BCUT2D eigenvalue weighted by Gasteiger charge is -2.10. The maximum Gasteiger partial charge on any atom is 0.328 e. The van der Waals surface area contributed by atoms with Crippen LogP contribution in [0.1, 0.15) is 16.0 Å². The van der Waals surface area contributed by atoms with E-state index in [4.69, 9.17) is 5.11 Å². The van der Waals surface area contributed by atoms with Gasteiger partial charge in [-0.3, -0.25) is 4.79 Å². The summed E-state index contributed by atoms with van der Waals surface area (Å²) in [5.41, 5.74) is 5.11. The molecule has 0 fully saturated rings. The maximum absolute atomic E-state index is 11.8. The molecule has 0 bridgehead atoms. The summed E-state index contributed by atoms with van der Waals surface area (Å²) in [6, 6.07) is 12.0. The van der Waals surface area contributed by atoms with Gasteiger partial charge in [0.25, 0.3) is 0 Å². The third kappa shape index (κ3) is 3.09. The monoisotopic (exact) mass is 435 g/mol. The number of nitrogens with one attached hydrogen (secondary N) is 1. The van der Waals surface area contributed by atoms with Crippen LogP contribution in [0, 0.1) is 0 Å². The fraction of sp³-hybridized carbons (Fsp3) is 0.0588. The van der Waals surface area contributed by atoms with E-state index in [1.54, 1.807) is 0 Å². The lowest BCUT2D eigenvalue weighted by Crippen LogP contribution is -2.09. The summed E-state index contributed by atoms with van der Waals surface area (Å²) in [5, 5.41) is 11.2. The normalized spacial score (nSPS) is 15.3. The van der Waals surface area contributed by atoms with Crippen molar-refractivity contribution in [1.82, 2.24) is 0 Å². The Labute approximate surface area is 149 Å². The third-order valence-electron chi connectivity index (χ3n) is 3.57. The van der Waals surface area contributed by atoms with Gasteiger partial charge in [-0.2, -0.15) is 0 Å². The fourth-order valence-corrected chi connectivity index (χ4v) is 3.80. The number of aliphatic carboxylic acids is 1. The molecule has 0 saturated heterocycles. The van der Waals surface area contributed by atoms with Gasteiger partial charge in [-0.1, -0.05) is 40.2 Å². The molecule has 0 aliphatic heterocycles. The summed E-state index contributed by atoms with van der Waals surface area (Å²) in [4.78, 5) is 22.3. The molecule has 2 aromatic rings. The molecule has 2 aromatic carbocycles. The van der Waals surface area contributed by atoms with Crippen LogP contribution in [-0.2, 0) is 9.59 Å². The lowest BCUT2D eigenvalue weighted by molar-refractivity contribution is -0.131. The van der Waals surface area contributed by atoms with Gasteiger partial charge in [0.15, 0.2) is 0 Å². The van der Waals surface area contributed by atoms with Crippen LogP contribution in [-0.4, -0.2) is 17.0 Å². The highest BCUT2D eigenvalue weighted by Gasteiger charge is 2.27. The van der Waals surface area contributed by atoms with Crippen LogP contribution in [0.4, 0.5) is 5.69 Å². The summed E-state index contributed by atoms with van der Waals surface area (Å²) in [6.45, 7) is 0. The van der Waals surface area contributed by atoms with Crippen LogP contribution in [0.15, 0.2) is 53.0 Å². The van der Waals surface area contributed by atoms with E-state index in [2.05, 4.69) is 49.3 Å². The molecule has 0 saturated carbocycles. The average Bonchev–Trinajstić information content (AvgIpc) is 2.79. The Morgan fingerprint density at radius 3 is 2.57 bits per heavy atom. The van der Waals surface area contributed by atoms with Gasteiger partial charge in [0.05, 0.1) is 10.5 Å². The number of carboxylic acid groups (broad SMARTS) is 1. The molecule has 6 heteroatoms. The van der Waals surface area contributed by atoms with Crippen molar-refractivity contribution in [2.45, 2.75) is 4.83 Å². The number of hydrogen-bond acceptors (Lipinski definition) is 2. The van der Waals surface area contributed by atoms with Crippen molar-refractivity contribution in [3.63, 3.8) is 0 Å². The highest BCUT2D eigenvalue weighted by molar-refractivity contribution is 9.10. The first kappa shape index (κ1) is 16.0. The smallest absolute Gasteiger partial charge is 0.328 e. The van der Waals surface area contributed by atoms with Crippen molar-refractivity contribution in [2.75, 3.05) is 5.32 Å². The molecule has 1 aliphatic carbocycles. The SMILES string of the molecule is O=C(O)/C=C/C(=O)Nc1cc2c(cc1Br)-c1ccccc1[C@H]2Br. The number of carbonyl (C=O) groups excluding carboxylic acids is 1. The molecule has 0 unspecified atom stereocenters. The summed E-state index contributed by atoms with van der Waals surface area (Å²) in [7, 11) is 0. The molecule has 2 N–H and O–H groups in total. The number of carboxylic acids is 1. The van der Waals surface area contributed by atoms with E-state index >= 15 is 0 Å². The number of amides is 1. The van der Waals surface area contributed by atoms with Crippen LogP contribution in [0.3, 0.4) is 0 Å². The van der Waals surface area contributed by atoms with E-state index in [9.17, 15) is 9.59 Å². The predicted octanol–water partition coefficient (Wildman–Crippen LogP) is 4.49. The second kappa shape index (κ2) is 6.29. The second-order valence-corrected chi connectivity index (χ2v) is 6.80. The molecule has 1 aliphatic rings. The van der Waals surface area contributed by atoms with Crippen LogP contribution >= 0.6 is 31.9 Å². The van der Waals surface area contributed by atoms with E-state index < -0.39 is 11.9 Å². The zero-order chi connectivity index (χ0) is 16.6. The molecule has 0 spiro atoms. The first-order valence-corrected chi connectivity index (χ1v) is 8.47. The highest BCUT2D eigenvalue weighted by atomic mass is 79.9. The Kier molecular flexibility index (Phi) is 4.37. The molecule has 23 heavy (non-hydrogen) atoms. The standard InChI is InChI=1S/C17H11Br2NO3/c18-13-7-11-9-3-1-2-4-10(9)17(19)12(11)8-14(13)20-15(21)5-6-16(22)23/h1-8,17H,(H,20,21)(H,22,23)/b6-5+/t17-/m1/s1. The van der Waals surface area contributed by atoms with Crippen molar-refractivity contribution < 1.29 is 14.7 Å². The Morgan fingerprint density at radius 2 is 1.83 bits per heavy atom. The number of anilines is 1. The van der Waals surface area contributed by atoms with Gasteiger partial charge in [0, 0.05) is 16.6 Å². The topological polar surface area (TPSA) is 66.4 Å². The van der Waals surface area contributed by atoms with E-state index in [-0.39, 0.29) is 4.83 Å². The van der Waals surface area contributed by atoms with E-state index in [1.807, 2.05) is 24.3 Å². The second-order valence-electron chi connectivity index (χ2n) is 5.03. The van der Waals surface area contributed by atoms with Crippen molar-refractivity contribution >= 4 is 49.4 Å². The van der Waals surface area contributed by atoms with Gasteiger partial charge < -0.3 is 10.4 Å². The molecule has 4 nitrogen and oxygen atoms in total. The molecule has 3 rings (SSSR count). The van der Waals surface area contributed by atoms with E-state index in [0.717, 1.165) is 33.3 Å². The molecule has 0 aromatic heterocycles. The summed E-state index contributed by atoms with van der Waals surface area (Å²) in [6.07, 6.45) is 1.79. The van der Waals surface area contributed by atoms with Crippen molar-refractivity contribution in [3.05, 3.63) is 64.1 Å². The number of rotatable bonds is 3. The van der Waals surface area contributed by atoms with Crippen molar-refractivity contribution in [1.29, 1.82) is 0 Å². The number of benzene rings is 2. The molecular formula is C17H11Br2NO3. The van der Waals surface area contributed by atoms with Crippen molar-refractivity contribution in [2.24, 2.45) is 0 Å². The van der Waals surface area contributed by atoms with Gasteiger partial charge >= 0.3 is 5.97 Å². The molecular weight excluding hydrogens is 426 g/mol. The fourth-order valence-electron chi connectivity index (χ4n) is 2.58. The zero-order valence-corrected chi connectivity index (χ0v) is 14.9. The number of hydrogen-bond donors (Lipinski definition) is 2. The Morgan fingerprint density at radius 1 is 1.09 bits per heavy atom. The summed E-state index contributed by atoms with van der Waals surface area (Å²) >= 11 is 7.15. The third-order valence-corrected chi connectivity index (χ3v) is 5.21. The Balaban J connectivity index is 1.95. The minimum absolute atomic E-state index is 0.0620. The first-order chi connectivity index (χ1) is 11.0. The first-order valence-electron chi connectivity index (χ1n) is 6.76. The van der Waals surface area contributed by atoms with Crippen LogP contribution in [0.2, 0.25) is 0 Å². The largest absolute Gasteiger partial charge is 0.478 e. The quantitative estimate of drug-likeness (QED) is 0.550. The van der Waals surface area contributed by atoms with Crippen LogP contribution < -0.4 is 5.32 Å². The van der Waals surface area contributed by atoms with Gasteiger partial charge in [0.1, 0.15) is 0 Å². The van der Waals surface area contributed by atoms with E-state index in [0.29, 0.717) is 5.69 Å². The molecule has 1 atom stereocenters. The lowest BCUT2D eigenvalue weighted by atomic mass is 10.1. The van der Waals surface area contributed by atoms with Gasteiger partial charge in [-0.25, -0.2) is 4.79 Å². The average molecular weight is 437 g/mol. The maximum atomic E-state index is 11.8. The number of alkyl halides is 1. The highest BCUT2D eigenvalue weighted by Crippen LogP contribution is 2.50. The van der Waals surface area contributed by atoms with Gasteiger partial charge in [-0.05, 0) is 50.3 Å². The van der Waals surface area contributed by atoms with Gasteiger partial charge in [0.2, 0.25) is 5.91 Å². The minimum Gasteiger partial charge on any atom is -0.478 e. The van der Waals surface area contributed by atoms with Crippen LogP contribution in [0.5, 0.6) is 0 Å². The summed E-state index contributed by atoms with van der Waals surface area (Å²) < 4.78 is 0.740. The number of fused-ring (bicyclic) bond motifs is 3. The Bertz CT molecular complexity index is 846. The minimum atomic E-state index is -1.16. The molecule has 116 valence electrons. The number of carbonyl (C=O) groups is 2. The summed E-state index contributed by atoms with van der Waals surface area (Å²) in [5.74, 6) is -1.65. The van der Waals surface area contributed by atoms with Gasteiger partial charge in [-0.15, -0.1) is 0 Å². The van der Waals surface area contributed by atoms with Crippen molar-refractivity contribution in [3.8, 4) is 11.1 Å². The molecule has 0 radical (unpaired) electrons. The molecule has 1 amide bonds. The number of halogens is 2. The zero-order valence-electron chi connectivity index (χ0n) is 11.7. The van der Waals surface area contributed by atoms with Crippen LogP contribution in [0.25, 0.3) is 11.1 Å².